The number of amides is 2. The number of hydrogen-bond acceptors (Lipinski definition) is 2. The molecule has 0 saturated heterocycles. The lowest BCUT2D eigenvalue weighted by molar-refractivity contribution is 0.252. The smallest absolute Gasteiger partial charge is 0.307 e. The lowest BCUT2D eigenvalue weighted by atomic mass is 10.0. The molecule has 4 heteroatoms. The maximum absolute atomic E-state index is 11.7. The maximum atomic E-state index is 11.7. The summed E-state index contributed by atoms with van der Waals surface area (Å²) in [5, 5.41) is 6.65. The standard InChI is InChI=1S/C20H17N3O/c24-20(22-19-9-5-2-6-10-19)23-21-15-16-11-13-18(14-12-16)17-7-3-1-4-8-17/h1-15H,(H2,22,23,24)/b21-15+. The molecule has 0 atom stereocenters. The van der Waals surface area contributed by atoms with Gasteiger partial charge in [-0.3, -0.25) is 0 Å². The minimum Gasteiger partial charge on any atom is -0.307 e. The predicted octanol–water partition coefficient (Wildman–Crippen LogP) is 4.51. The molecule has 0 spiro atoms. The van der Waals surface area contributed by atoms with E-state index in [4.69, 9.17) is 0 Å². The molecule has 4 nitrogen and oxygen atoms in total. The SMILES string of the molecule is O=C(N/N=C/c1ccc(-c2ccccc2)cc1)Nc1ccccc1. The molecule has 0 saturated carbocycles. The number of carbonyl (C=O) groups is 1. The number of carbonyl (C=O) groups excluding carboxylic acids is 1. The van der Waals surface area contributed by atoms with E-state index in [1.807, 2.05) is 72.8 Å². The monoisotopic (exact) mass is 315 g/mol. The molecule has 3 aromatic rings. The van der Waals surface area contributed by atoms with Gasteiger partial charge in [-0.05, 0) is 28.8 Å². The van der Waals surface area contributed by atoms with E-state index in [2.05, 4.69) is 28.0 Å². The number of nitrogens with zero attached hydrogens (tertiary/aromatic N) is 1. The van der Waals surface area contributed by atoms with Crippen molar-refractivity contribution in [3.05, 3.63) is 90.5 Å². The third-order valence-electron chi connectivity index (χ3n) is 3.43. The maximum Gasteiger partial charge on any atom is 0.339 e. The van der Waals surface area contributed by atoms with Gasteiger partial charge in [-0.25, -0.2) is 10.2 Å². The minimum atomic E-state index is -0.377. The van der Waals surface area contributed by atoms with E-state index in [1.54, 1.807) is 6.21 Å². The van der Waals surface area contributed by atoms with E-state index in [0.29, 0.717) is 0 Å². The molecule has 3 rings (SSSR count). The van der Waals surface area contributed by atoms with Crippen molar-refractivity contribution in [2.24, 2.45) is 5.10 Å². The van der Waals surface area contributed by atoms with Crippen LogP contribution in [0.4, 0.5) is 10.5 Å². The Hall–Kier alpha value is -3.40. The van der Waals surface area contributed by atoms with Crippen molar-refractivity contribution in [2.45, 2.75) is 0 Å². The largest absolute Gasteiger partial charge is 0.339 e. The number of anilines is 1. The van der Waals surface area contributed by atoms with Crippen molar-refractivity contribution in [3.63, 3.8) is 0 Å². The zero-order chi connectivity index (χ0) is 16.6. The van der Waals surface area contributed by atoms with E-state index < -0.39 is 0 Å². The summed E-state index contributed by atoms with van der Waals surface area (Å²) in [5.74, 6) is 0. The summed E-state index contributed by atoms with van der Waals surface area (Å²) >= 11 is 0. The highest BCUT2D eigenvalue weighted by molar-refractivity contribution is 5.90. The quantitative estimate of drug-likeness (QED) is 0.540. The number of para-hydroxylation sites is 1. The Balaban J connectivity index is 1.56. The first-order chi connectivity index (χ1) is 11.8. The van der Waals surface area contributed by atoms with Gasteiger partial charge in [-0.15, -0.1) is 0 Å². The average molecular weight is 315 g/mol. The Morgan fingerprint density at radius 2 is 1.33 bits per heavy atom. The van der Waals surface area contributed by atoms with E-state index in [-0.39, 0.29) is 6.03 Å². The molecule has 3 aromatic carbocycles. The molecule has 0 radical (unpaired) electrons. The van der Waals surface area contributed by atoms with Crippen molar-refractivity contribution in [3.8, 4) is 11.1 Å². The Kier molecular flexibility index (Phi) is 5.00. The second-order valence-electron chi connectivity index (χ2n) is 5.18. The summed E-state index contributed by atoms with van der Waals surface area (Å²) in [6.07, 6.45) is 1.61. The number of nitrogens with one attached hydrogen (secondary N) is 2. The van der Waals surface area contributed by atoms with Crippen LogP contribution in [0.15, 0.2) is 90.0 Å². The van der Waals surface area contributed by atoms with Gasteiger partial charge in [0.1, 0.15) is 0 Å². The molecule has 0 unspecified atom stereocenters. The Bertz CT molecular complexity index is 813. The number of hydrogen-bond donors (Lipinski definition) is 2. The number of benzene rings is 3. The summed E-state index contributed by atoms with van der Waals surface area (Å²) in [6, 6.07) is 27.0. The predicted molar refractivity (Wildman–Crippen MR) is 98.1 cm³/mol. The van der Waals surface area contributed by atoms with Crippen LogP contribution in [0.3, 0.4) is 0 Å². The summed E-state index contributed by atoms with van der Waals surface area (Å²) in [4.78, 5) is 11.7. The molecule has 0 aliphatic rings. The second-order valence-corrected chi connectivity index (χ2v) is 5.18. The molecule has 0 aliphatic carbocycles. The molecule has 0 aliphatic heterocycles. The van der Waals surface area contributed by atoms with Gasteiger partial charge in [0.05, 0.1) is 6.21 Å². The van der Waals surface area contributed by atoms with Crippen LogP contribution in [0.1, 0.15) is 5.56 Å². The molecule has 2 amide bonds. The van der Waals surface area contributed by atoms with Gasteiger partial charge in [0.25, 0.3) is 0 Å². The molecule has 0 aromatic heterocycles. The summed E-state index contributed by atoms with van der Waals surface area (Å²) in [7, 11) is 0. The first-order valence-corrected chi connectivity index (χ1v) is 7.62. The van der Waals surface area contributed by atoms with Crippen molar-refractivity contribution < 1.29 is 4.79 Å². The zero-order valence-electron chi connectivity index (χ0n) is 13.0. The lowest BCUT2D eigenvalue weighted by Crippen LogP contribution is -2.24. The molecule has 24 heavy (non-hydrogen) atoms. The third-order valence-corrected chi connectivity index (χ3v) is 3.43. The van der Waals surface area contributed by atoms with Crippen molar-refractivity contribution >= 4 is 17.9 Å². The summed E-state index contributed by atoms with van der Waals surface area (Å²) in [5.41, 5.74) is 6.39. The molecule has 2 N–H and O–H groups in total. The number of urea groups is 1. The van der Waals surface area contributed by atoms with Gasteiger partial charge in [-0.1, -0.05) is 72.8 Å². The normalized spacial score (nSPS) is 10.5. The van der Waals surface area contributed by atoms with Crippen LogP contribution in [-0.4, -0.2) is 12.2 Å². The topological polar surface area (TPSA) is 53.5 Å². The van der Waals surface area contributed by atoms with E-state index in [9.17, 15) is 4.79 Å². The fraction of sp³-hybridized carbons (Fsp3) is 0. The highest BCUT2D eigenvalue weighted by Crippen LogP contribution is 2.18. The lowest BCUT2D eigenvalue weighted by Gasteiger charge is -2.03. The van der Waals surface area contributed by atoms with Gasteiger partial charge < -0.3 is 5.32 Å². The van der Waals surface area contributed by atoms with Crippen LogP contribution in [0, 0.1) is 0 Å². The molecule has 0 fully saturated rings. The van der Waals surface area contributed by atoms with Crippen LogP contribution >= 0.6 is 0 Å². The van der Waals surface area contributed by atoms with Crippen LogP contribution in [0.25, 0.3) is 11.1 Å². The van der Waals surface area contributed by atoms with Crippen molar-refractivity contribution in [1.82, 2.24) is 5.43 Å². The zero-order valence-corrected chi connectivity index (χ0v) is 13.0. The fourth-order valence-electron chi connectivity index (χ4n) is 2.24. The fourth-order valence-corrected chi connectivity index (χ4v) is 2.24. The highest BCUT2D eigenvalue weighted by atomic mass is 16.2. The summed E-state index contributed by atoms with van der Waals surface area (Å²) in [6.45, 7) is 0. The Morgan fingerprint density at radius 3 is 2.00 bits per heavy atom. The van der Waals surface area contributed by atoms with Crippen molar-refractivity contribution in [1.29, 1.82) is 0 Å². The van der Waals surface area contributed by atoms with Crippen LogP contribution < -0.4 is 10.7 Å². The first-order valence-electron chi connectivity index (χ1n) is 7.62. The Morgan fingerprint density at radius 1 is 0.750 bits per heavy atom. The summed E-state index contributed by atoms with van der Waals surface area (Å²) < 4.78 is 0. The van der Waals surface area contributed by atoms with E-state index in [0.717, 1.165) is 16.8 Å². The van der Waals surface area contributed by atoms with Gasteiger partial charge in [0.15, 0.2) is 0 Å². The third kappa shape index (κ3) is 4.30. The molecule has 0 bridgehead atoms. The first kappa shape index (κ1) is 15.5. The highest BCUT2D eigenvalue weighted by Gasteiger charge is 1.99. The van der Waals surface area contributed by atoms with E-state index in [1.165, 1.54) is 5.56 Å². The van der Waals surface area contributed by atoms with Gasteiger partial charge in [0, 0.05) is 5.69 Å². The average Bonchev–Trinajstić information content (AvgIpc) is 2.64. The van der Waals surface area contributed by atoms with Crippen LogP contribution in [-0.2, 0) is 0 Å². The van der Waals surface area contributed by atoms with Crippen LogP contribution in [0.2, 0.25) is 0 Å². The van der Waals surface area contributed by atoms with Gasteiger partial charge in [-0.2, -0.15) is 5.10 Å². The van der Waals surface area contributed by atoms with Gasteiger partial charge >= 0.3 is 6.03 Å². The molecule has 118 valence electrons. The number of rotatable bonds is 4. The molecular weight excluding hydrogens is 298 g/mol. The van der Waals surface area contributed by atoms with E-state index >= 15 is 0 Å². The molecular formula is C20H17N3O. The van der Waals surface area contributed by atoms with Gasteiger partial charge in [0.2, 0.25) is 0 Å². The minimum absolute atomic E-state index is 0.377. The second kappa shape index (κ2) is 7.74. The number of hydrazone groups is 1. The molecule has 0 heterocycles. The van der Waals surface area contributed by atoms with Crippen LogP contribution in [0.5, 0.6) is 0 Å². The Labute approximate surface area is 140 Å². The van der Waals surface area contributed by atoms with Crippen molar-refractivity contribution in [2.75, 3.05) is 5.32 Å².